The number of benzene rings is 1. The van der Waals surface area contributed by atoms with Gasteiger partial charge >= 0.3 is 0 Å². The van der Waals surface area contributed by atoms with Gasteiger partial charge in [0.1, 0.15) is 22.7 Å². The van der Waals surface area contributed by atoms with Gasteiger partial charge in [-0.2, -0.15) is 0 Å². The van der Waals surface area contributed by atoms with Crippen LogP contribution in [-0.2, 0) is 13.7 Å². The Bertz CT molecular complexity index is 1340. The summed E-state index contributed by atoms with van der Waals surface area (Å²) in [5, 5.41) is 20.1. The molecule has 0 amide bonds. The second-order valence-corrected chi connectivity index (χ2v) is 7.04. The van der Waals surface area contributed by atoms with Crippen molar-refractivity contribution in [1.82, 2.24) is 14.5 Å². The molecule has 5 rings (SSSR count). The predicted molar refractivity (Wildman–Crippen MR) is 111 cm³/mol. The number of Topliss-reactive ketones (excluding diaryl/α,β-unsaturated/α-hetero) is 1. The third-order valence-electron chi connectivity index (χ3n) is 5.15. The van der Waals surface area contributed by atoms with E-state index in [4.69, 9.17) is 4.74 Å². The summed E-state index contributed by atoms with van der Waals surface area (Å²) in [6, 6.07) is 10.3. The standard InChI is InChI=1S/C23H17N3O4/c1-26-11-14(9-19-22(29)21-17(28)3-2-4-18(21)30-19)20-16(7-8-24-23(20)26)13-5-6-15(12-27)25-10-13/h2-11,27-28H,12H2,1H3. The number of fused-ring (bicyclic) bond motifs is 2. The van der Waals surface area contributed by atoms with Crippen molar-refractivity contribution in [3.05, 3.63) is 77.6 Å². The normalized spacial score (nSPS) is 14.3. The van der Waals surface area contributed by atoms with Crippen molar-refractivity contribution in [3.8, 4) is 22.6 Å². The van der Waals surface area contributed by atoms with E-state index < -0.39 is 0 Å². The maximum Gasteiger partial charge on any atom is 0.235 e. The van der Waals surface area contributed by atoms with E-state index in [1.165, 1.54) is 6.07 Å². The molecule has 1 aromatic carbocycles. The zero-order valence-electron chi connectivity index (χ0n) is 16.0. The van der Waals surface area contributed by atoms with Crippen LogP contribution in [0.25, 0.3) is 28.2 Å². The van der Waals surface area contributed by atoms with Crippen LogP contribution in [0.2, 0.25) is 0 Å². The Morgan fingerprint density at radius 1 is 1.17 bits per heavy atom. The van der Waals surface area contributed by atoms with Gasteiger partial charge in [0.2, 0.25) is 5.78 Å². The van der Waals surface area contributed by atoms with Gasteiger partial charge in [-0.3, -0.25) is 9.78 Å². The van der Waals surface area contributed by atoms with Gasteiger partial charge in [0, 0.05) is 42.2 Å². The predicted octanol–water partition coefficient (Wildman–Crippen LogP) is 3.45. The smallest absolute Gasteiger partial charge is 0.235 e. The van der Waals surface area contributed by atoms with Crippen LogP contribution < -0.4 is 4.74 Å². The summed E-state index contributed by atoms with van der Waals surface area (Å²) in [7, 11) is 1.88. The molecule has 0 saturated heterocycles. The minimum atomic E-state index is -0.362. The molecular weight excluding hydrogens is 382 g/mol. The van der Waals surface area contributed by atoms with Crippen molar-refractivity contribution in [3.63, 3.8) is 0 Å². The molecule has 148 valence electrons. The van der Waals surface area contributed by atoms with Gasteiger partial charge < -0.3 is 19.5 Å². The Labute approximate surface area is 171 Å². The number of hydrogen-bond donors (Lipinski definition) is 2. The monoisotopic (exact) mass is 399 g/mol. The highest BCUT2D eigenvalue weighted by molar-refractivity contribution is 6.17. The first-order chi connectivity index (χ1) is 14.6. The molecule has 0 bridgehead atoms. The van der Waals surface area contributed by atoms with Crippen LogP contribution in [-0.4, -0.2) is 30.5 Å². The molecular formula is C23H17N3O4. The number of phenolic OH excluding ortho intramolecular Hbond substituents is 1. The molecule has 0 aliphatic carbocycles. The second kappa shape index (κ2) is 6.82. The molecule has 0 fully saturated rings. The molecule has 0 saturated carbocycles. The largest absolute Gasteiger partial charge is 0.507 e. The number of aromatic hydroxyl groups is 1. The zero-order valence-corrected chi connectivity index (χ0v) is 16.0. The van der Waals surface area contributed by atoms with E-state index in [0.29, 0.717) is 11.4 Å². The highest BCUT2D eigenvalue weighted by Gasteiger charge is 2.30. The summed E-state index contributed by atoms with van der Waals surface area (Å²) in [5.74, 6) is 0.0203. The third kappa shape index (κ3) is 2.75. The van der Waals surface area contributed by atoms with Crippen LogP contribution in [0.1, 0.15) is 21.6 Å². The first kappa shape index (κ1) is 18.1. The van der Waals surface area contributed by atoms with E-state index >= 15 is 0 Å². The number of aryl methyl sites for hydroxylation is 1. The molecule has 0 spiro atoms. The van der Waals surface area contributed by atoms with Crippen molar-refractivity contribution in [2.24, 2.45) is 7.05 Å². The molecule has 4 heterocycles. The summed E-state index contributed by atoms with van der Waals surface area (Å²) in [5.41, 5.74) is 4.03. The summed E-state index contributed by atoms with van der Waals surface area (Å²) < 4.78 is 7.60. The molecule has 0 radical (unpaired) electrons. The number of carbonyl (C=O) groups excluding carboxylic acids is 1. The lowest BCUT2D eigenvalue weighted by Gasteiger charge is -2.06. The van der Waals surface area contributed by atoms with Gasteiger partial charge in [0.15, 0.2) is 5.76 Å². The van der Waals surface area contributed by atoms with Crippen molar-refractivity contribution >= 4 is 22.9 Å². The molecule has 1 aliphatic heterocycles. The fourth-order valence-electron chi connectivity index (χ4n) is 3.72. The van der Waals surface area contributed by atoms with E-state index in [1.807, 2.05) is 29.9 Å². The summed E-state index contributed by atoms with van der Waals surface area (Å²) in [6.07, 6.45) is 6.98. The number of carbonyl (C=O) groups is 1. The number of allylic oxidation sites excluding steroid dienone is 1. The molecule has 0 unspecified atom stereocenters. The van der Waals surface area contributed by atoms with Gasteiger partial charge in [0.25, 0.3) is 0 Å². The highest BCUT2D eigenvalue weighted by Crippen LogP contribution is 2.39. The fourth-order valence-corrected chi connectivity index (χ4v) is 3.72. The second-order valence-electron chi connectivity index (χ2n) is 7.04. The SMILES string of the molecule is Cn1cc(C=C2Oc3cccc(O)c3C2=O)c2c(-c3ccc(CO)nc3)ccnc21. The Balaban J connectivity index is 1.67. The van der Waals surface area contributed by atoms with Gasteiger partial charge in [0.05, 0.1) is 12.3 Å². The van der Waals surface area contributed by atoms with Crippen LogP contribution >= 0.6 is 0 Å². The first-order valence-electron chi connectivity index (χ1n) is 9.33. The van der Waals surface area contributed by atoms with Crippen molar-refractivity contribution in [1.29, 1.82) is 0 Å². The van der Waals surface area contributed by atoms with Crippen LogP contribution in [0.15, 0.2) is 60.7 Å². The van der Waals surface area contributed by atoms with Crippen LogP contribution in [0.4, 0.5) is 0 Å². The average molecular weight is 399 g/mol. The number of ketones is 1. The van der Waals surface area contributed by atoms with Gasteiger partial charge in [-0.05, 0) is 35.9 Å². The molecule has 0 atom stereocenters. The molecule has 2 N–H and O–H groups in total. The lowest BCUT2D eigenvalue weighted by molar-refractivity contribution is 0.101. The topological polar surface area (TPSA) is 97.5 Å². The summed E-state index contributed by atoms with van der Waals surface area (Å²) in [6.45, 7) is -0.123. The summed E-state index contributed by atoms with van der Waals surface area (Å²) >= 11 is 0. The zero-order chi connectivity index (χ0) is 20.8. The van der Waals surface area contributed by atoms with Crippen LogP contribution in [0, 0.1) is 0 Å². The first-order valence-corrected chi connectivity index (χ1v) is 9.33. The van der Waals surface area contributed by atoms with E-state index in [2.05, 4.69) is 9.97 Å². The van der Waals surface area contributed by atoms with E-state index in [0.717, 1.165) is 27.7 Å². The lowest BCUT2D eigenvalue weighted by Crippen LogP contribution is -1.98. The molecule has 4 aromatic rings. The minimum Gasteiger partial charge on any atom is -0.507 e. The summed E-state index contributed by atoms with van der Waals surface area (Å²) in [4.78, 5) is 21.5. The molecule has 3 aromatic heterocycles. The minimum absolute atomic E-state index is 0.101. The van der Waals surface area contributed by atoms with Gasteiger partial charge in [-0.15, -0.1) is 0 Å². The Hall–Kier alpha value is -3.97. The maximum absolute atomic E-state index is 12.8. The van der Waals surface area contributed by atoms with E-state index in [9.17, 15) is 15.0 Å². The number of hydrogen-bond acceptors (Lipinski definition) is 6. The number of aliphatic hydroxyl groups is 1. The van der Waals surface area contributed by atoms with Crippen molar-refractivity contribution < 1.29 is 19.7 Å². The number of pyridine rings is 2. The van der Waals surface area contributed by atoms with Crippen molar-refractivity contribution in [2.45, 2.75) is 6.61 Å². The maximum atomic E-state index is 12.8. The van der Waals surface area contributed by atoms with E-state index in [-0.39, 0.29) is 29.5 Å². The highest BCUT2D eigenvalue weighted by atomic mass is 16.5. The molecule has 30 heavy (non-hydrogen) atoms. The van der Waals surface area contributed by atoms with Gasteiger partial charge in [-0.25, -0.2) is 4.98 Å². The Morgan fingerprint density at radius 3 is 2.77 bits per heavy atom. The third-order valence-corrected chi connectivity index (χ3v) is 5.15. The lowest BCUT2D eigenvalue weighted by atomic mass is 10.0. The van der Waals surface area contributed by atoms with Crippen molar-refractivity contribution in [2.75, 3.05) is 0 Å². The van der Waals surface area contributed by atoms with Crippen LogP contribution in [0.3, 0.4) is 0 Å². The number of nitrogens with zero attached hydrogens (tertiary/aromatic N) is 3. The fraction of sp³-hybridized carbons (Fsp3) is 0.0870. The van der Waals surface area contributed by atoms with Gasteiger partial charge in [-0.1, -0.05) is 12.1 Å². The molecule has 7 nitrogen and oxygen atoms in total. The van der Waals surface area contributed by atoms with E-state index in [1.54, 1.807) is 36.7 Å². The number of ether oxygens (including phenoxy) is 1. The Morgan fingerprint density at radius 2 is 2.03 bits per heavy atom. The molecule has 7 heteroatoms. The average Bonchev–Trinajstić information content (AvgIpc) is 3.26. The number of rotatable bonds is 3. The Kier molecular flexibility index (Phi) is 4.11. The van der Waals surface area contributed by atoms with Crippen LogP contribution in [0.5, 0.6) is 11.5 Å². The quantitative estimate of drug-likeness (QED) is 0.512. The molecule has 1 aliphatic rings. The number of phenols is 1. The number of aliphatic hydroxyl groups excluding tert-OH is 1. The number of aromatic nitrogens is 3.